The van der Waals surface area contributed by atoms with Crippen LogP contribution in [0.15, 0.2) is 30.9 Å². The maximum Gasteiger partial charge on any atom is 0.204 e. The van der Waals surface area contributed by atoms with Crippen molar-refractivity contribution >= 4 is 11.5 Å². The molecule has 2 rings (SSSR count). The molecule has 0 bridgehead atoms. The number of Topliss-reactive ketones (excluding diaryl/α,β-unsaturated/α-hetero) is 1. The molecule has 0 aliphatic carbocycles. The van der Waals surface area contributed by atoms with Gasteiger partial charge >= 0.3 is 0 Å². The number of aromatic nitrogens is 3. The standard InChI is InChI=1S/C12H12N4O/c1-8-5-15-12(16-6-8)11(17)4-9-7-14-3-2-10(9)13/h2-3,5-7H,4H2,1H3,(H2,13,14). The average Bonchev–Trinajstić information content (AvgIpc) is 2.33. The largest absolute Gasteiger partial charge is 0.398 e. The predicted octanol–water partition coefficient (Wildman–Crippen LogP) is 1.19. The number of anilines is 1. The molecule has 2 aromatic rings. The molecule has 0 fully saturated rings. The molecule has 0 saturated heterocycles. The van der Waals surface area contributed by atoms with Gasteiger partial charge < -0.3 is 5.73 Å². The van der Waals surface area contributed by atoms with Crippen LogP contribution >= 0.6 is 0 Å². The van der Waals surface area contributed by atoms with Crippen molar-refractivity contribution in [1.82, 2.24) is 15.0 Å². The summed E-state index contributed by atoms with van der Waals surface area (Å²) in [4.78, 5) is 23.8. The van der Waals surface area contributed by atoms with Gasteiger partial charge in [0.25, 0.3) is 0 Å². The van der Waals surface area contributed by atoms with Crippen molar-refractivity contribution in [3.63, 3.8) is 0 Å². The fourth-order valence-corrected chi connectivity index (χ4v) is 1.37. The van der Waals surface area contributed by atoms with Crippen molar-refractivity contribution in [3.05, 3.63) is 47.8 Å². The molecule has 0 aliphatic rings. The number of pyridine rings is 1. The Balaban J connectivity index is 2.17. The number of hydrogen-bond acceptors (Lipinski definition) is 5. The molecule has 0 aliphatic heterocycles. The van der Waals surface area contributed by atoms with E-state index >= 15 is 0 Å². The van der Waals surface area contributed by atoms with Gasteiger partial charge in [0.2, 0.25) is 5.78 Å². The van der Waals surface area contributed by atoms with Gasteiger partial charge in [0.1, 0.15) is 0 Å². The zero-order valence-electron chi connectivity index (χ0n) is 9.42. The van der Waals surface area contributed by atoms with Crippen LogP contribution in [0.25, 0.3) is 0 Å². The molecule has 0 spiro atoms. The number of hydrogen-bond donors (Lipinski definition) is 1. The zero-order chi connectivity index (χ0) is 12.3. The van der Waals surface area contributed by atoms with E-state index in [1.165, 1.54) is 0 Å². The van der Waals surface area contributed by atoms with E-state index in [4.69, 9.17) is 5.73 Å². The highest BCUT2D eigenvalue weighted by Crippen LogP contribution is 2.11. The van der Waals surface area contributed by atoms with Crippen molar-refractivity contribution in [1.29, 1.82) is 0 Å². The monoisotopic (exact) mass is 228 g/mol. The zero-order valence-corrected chi connectivity index (χ0v) is 9.42. The van der Waals surface area contributed by atoms with Gasteiger partial charge in [0.15, 0.2) is 5.82 Å². The first-order chi connectivity index (χ1) is 8.16. The molecule has 5 heteroatoms. The minimum Gasteiger partial charge on any atom is -0.398 e. The number of nitrogens with zero attached hydrogens (tertiary/aromatic N) is 3. The number of carbonyl (C=O) groups excluding carboxylic acids is 1. The van der Waals surface area contributed by atoms with Gasteiger partial charge in [-0.3, -0.25) is 9.78 Å². The van der Waals surface area contributed by atoms with Gasteiger partial charge in [-0.05, 0) is 18.6 Å². The summed E-state index contributed by atoms with van der Waals surface area (Å²) in [6.07, 6.45) is 6.58. The van der Waals surface area contributed by atoms with Crippen molar-refractivity contribution in [2.45, 2.75) is 13.3 Å². The Hall–Kier alpha value is -2.30. The Bertz CT molecular complexity index is 536. The first kappa shape index (κ1) is 11.2. The molecular weight excluding hydrogens is 216 g/mol. The number of carbonyl (C=O) groups is 1. The van der Waals surface area contributed by atoms with E-state index in [1.54, 1.807) is 30.9 Å². The van der Waals surface area contributed by atoms with Gasteiger partial charge in [-0.2, -0.15) is 0 Å². The van der Waals surface area contributed by atoms with Crippen LogP contribution < -0.4 is 5.73 Å². The van der Waals surface area contributed by atoms with E-state index in [2.05, 4.69) is 15.0 Å². The molecule has 5 nitrogen and oxygen atoms in total. The van der Waals surface area contributed by atoms with Crippen LogP contribution in [0.3, 0.4) is 0 Å². The molecule has 0 atom stereocenters. The smallest absolute Gasteiger partial charge is 0.204 e. The second-order valence-corrected chi connectivity index (χ2v) is 3.76. The summed E-state index contributed by atoms with van der Waals surface area (Å²) in [5.74, 6) is 0.0450. The van der Waals surface area contributed by atoms with Crippen LogP contribution in [-0.4, -0.2) is 20.7 Å². The SMILES string of the molecule is Cc1cnc(C(=O)Cc2cnccc2N)nc1. The molecule has 2 heterocycles. The Kier molecular flexibility index (Phi) is 3.09. The second-order valence-electron chi connectivity index (χ2n) is 3.76. The molecule has 0 saturated carbocycles. The third-order valence-electron chi connectivity index (χ3n) is 2.32. The molecular formula is C12H12N4O. The fourth-order valence-electron chi connectivity index (χ4n) is 1.37. The molecule has 86 valence electrons. The Morgan fingerprint density at radius 2 is 2.00 bits per heavy atom. The van der Waals surface area contributed by atoms with E-state index in [1.807, 2.05) is 6.92 Å². The van der Waals surface area contributed by atoms with E-state index in [-0.39, 0.29) is 18.0 Å². The van der Waals surface area contributed by atoms with Crippen molar-refractivity contribution in [3.8, 4) is 0 Å². The lowest BCUT2D eigenvalue weighted by atomic mass is 10.1. The number of nitrogens with two attached hydrogens (primary N) is 1. The lowest BCUT2D eigenvalue weighted by Gasteiger charge is -2.03. The number of nitrogen functional groups attached to an aromatic ring is 1. The summed E-state index contributed by atoms with van der Waals surface area (Å²) < 4.78 is 0. The van der Waals surface area contributed by atoms with E-state index in [9.17, 15) is 4.79 Å². The quantitative estimate of drug-likeness (QED) is 0.798. The van der Waals surface area contributed by atoms with Gasteiger partial charge in [-0.1, -0.05) is 0 Å². The molecule has 0 amide bonds. The summed E-state index contributed by atoms with van der Waals surface area (Å²) in [6.45, 7) is 1.87. The summed E-state index contributed by atoms with van der Waals surface area (Å²) in [5, 5.41) is 0. The van der Waals surface area contributed by atoms with E-state index in [0.29, 0.717) is 11.3 Å². The lowest BCUT2D eigenvalue weighted by molar-refractivity contribution is 0.0983. The van der Waals surface area contributed by atoms with Gasteiger partial charge in [0.05, 0.1) is 0 Å². The van der Waals surface area contributed by atoms with Gasteiger partial charge in [0, 0.05) is 42.5 Å². The van der Waals surface area contributed by atoms with Crippen LogP contribution in [0.1, 0.15) is 21.7 Å². The number of rotatable bonds is 3. The van der Waals surface area contributed by atoms with Crippen LogP contribution in [0.5, 0.6) is 0 Å². The Morgan fingerprint density at radius 1 is 1.29 bits per heavy atom. The third-order valence-corrected chi connectivity index (χ3v) is 2.32. The predicted molar refractivity (Wildman–Crippen MR) is 63.5 cm³/mol. The van der Waals surface area contributed by atoms with Crippen molar-refractivity contribution in [2.24, 2.45) is 0 Å². The van der Waals surface area contributed by atoms with Gasteiger partial charge in [-0.25, -0.2) is 9.97 Å². The summed E-state index contributed by atoms with van der Waals surface area (Å²) in [7, 11) is 0. The average molecular weight is 228 g/mol. The van der Waals surface area contributed by atoms with Gasteiger partial charge in [-0.15, -0.1) is 0 Å². The third kappa shape index (κ3) is 2.63. The molecule has 2 N–H and O–H groups in total. The van der Waals surface area contributed by atoms with Crippen LogP contribution in [0.4, 0.5) is 5.69 Å². The Morgan fingerprint density at radius 3 is 2.65 bits per heavy atom. The maximum absolute atomic E-state index is 11.9. The summed E-state index contributed by atoms with van der Waals surface area (Å²) in [5.41, 5.74) is 7.91. The van der Waals surface area contributed by atoms with Crippen molar-refractivity contribution < 1.29 is 4.79 Å². The maximum atomic E-state index is 11.9. The molecule has 0 aromatic carbocycles. The summed E-state index contributed by atoms with van der Waals surface area (Å²) >= 11 is 0. The second kappa shape index (κ2) is 4.69. The molecule has 2 aromatic heterocycles. The first-order valence-electron chi connectivity index (χ1n) is 5.17. The molecule has 17 heavy (non-hydrogen) atoms. The van der Waals surface area contributed by atoms with Crippen LogP contribution in [-0.2, 0) is 6.42 Å². The number of aryl methyl sites for hydroxylation is 1. The van der Waals surface area contributed by atoms with Crippen molar-refractivity contribution in [2.75, 3.05) is 5.73 Å². The summed E-state index contributed by atoms with van der Waals surface area (Å²) in [6, 6.07) is 1.67. The fraction of sp³-hybridized carbons (Fsp3) is 0.167. The first-order valence-corrected chi connectivity index (χ1v) is 5.17. The normalized spacial score (nSPS) is 10.2. The highest BCUT2D eigenvalue weighted by molar-refractivity contribution is 5.94. The molecule has 0 unspecified atom stereocenters. The van der Waals surface area contributed by atoms with E-state index < -0.39 is 0 Å². The lowest BCUT2D eigenvalue weighted by Crippen LogP contribution is -2.10. The van der Waals surface area contributed by atoms with Crippen LogP contribution in [0.2, 0.25) is 0 Å². The highest BCUT2D eigenvalue weighted by atomic mass is 16.1. The topological polar surface area (TPSA) is 81.8 Å². The van der Waals surface area contributed by atoms with Crippen LogP contribution in [0, 0.1) is 6.92 Å². The Labute approximate surface area is 98.7 Å². The minimum atomic E-state index is -0.162. The molecule has 0 radical (unpaired) electrons. The minimum absolute atomic E-state index is 0.162. The number of ketones is 1. The van der Waals surface area contributed by atoms with E-state index in [0.717, 1.165) is 5.56 Å². The highest BCUT2D eigenvalue weighted by Gasteiger charge is 2.11.